The lowest BCUT2D eigenvalue weighted by atomic mass is 10.2. The van der Waals surface area contributed by atoms with Gasteiger partial charge in [0.2, 0.25) is 0 Å². The number of rotatable bonds is 6. The number of hydrogen-bond donors (Lipinski definition) is 2. The van der Waals surface area contributed by atoms with Crippen LogP contribution >= 0.6 is 24.0 Å². The Kier molecular flexibility index (Phi) is 9.95. The molecule has 0 bridgehead atoms. The molecule has 22 heavy (non-hydrogen) atoms. The number of aliphatic imine (C=N–C) groups is 1. The summed E-state index contributed by atoms with van der Waals surface area (Å²) in [5.41, 5.74) is 0.948. The highest BCUT2D eigenvalue weighted by atomic mass is 127. The molecular weight excluding hydrogens is 410 g/mol. The third kappa shape index (κ3) is 8.96. The standard InChI is InChI=1S/C14H20F3N3O.HI/c1-3-18-13(19-9-8-14(15,16)17)20-10-11-4-6-12(21-2)7-5-11;/h4-7H,3,8-10H2,1-2H3,(H2,18,19,20);1H. The van der Waals surface area contributed by atoms with E-state index in [1.54, 1.807) is 7.11 Å². The van der Waals surface area contributed by atoms with Crippen LogP contribution in [0.3, 0.4) is 0 Å². The number of alkyl halides is 3. The molecule has 0 saturated carbocycles. The summed E-state index contributed by atoms with van der Waals surface area (Å²) in [6, 6.07) is 7.35. The van der Waals surface area contributed by atoms with Crippen LogP contribution in [0.15, 0.2) is 29.3 Å². The van der Waals surface area contributed by atoms with Crippen molar-refractivity contribution < 1.29 is 17.9 Å². The van der Waals surface area contributed by atoms with Crippen LogP contribution in [0, 0.1) is 0 Å². The zero-order chi connectivity index (χ0) is 15.7. The van der Waals surface area contributed by atoms with E-state index >= 15 is 0 Å². The first kappa shape index (κ1) is 20.8. The maximum Gasteiger partial charge on any atom is 0.390 e. The highest BCUT2D eigenvalue weighted by Gasteiger charge is 2.26. The summed E-state index contributed by atoms with van der Waals surface area (Å²) in [7, 11) is 1.58. The normalized spacial score (nSPS) is 11.6. The molecule has 0 aliphatic carbocycles. The lowest BCUT2D eigenvalue weighted by Crippen LogP contribution is -2.38. The predicted molar refractivity (Wildman–Crippen MR) is 91.9 cm³/mol. The van der Waals surface area contributed by atoms with Crippen molar-refractivity contribution >= 4 is 29.9 Å². The number of benzene rings is 1. The lowest BCUT2D eigenvalue weighted by molar-refractivity contribution is -0.132. The van der Waals surface area contributed by atoms with Crippen molar-refractivity contribution in [2.24, 2.45) is 4.99 Å². The Bertz CT molecular complexity index is 450. The summed E-state index contributed by atoms with van der Waals surface area (Å²) < 4.78 is 41.4. The van der Waals surface area contributed by atoms with Crippen molar-refractivity contribution in [3.05, 3.63) is 29.8 Å². The fourth-order valence-corrected chi connectivity index (χ4v) is 1.57. The number of nitrogens with zero attached hydrogens (tertiary/aromatic N) is 1. The van der Waals surface area contributed by atoms with Gasteiger partial charge in [-0.1, -0.05) is 12.1 Å². The molecule has 0 aromatic heterocycles. The zero-order valence-corrected chi connectivity index (χ0v) is 14.9. The van der Waals surface area contributed by atoms with Gasteiger partial charge in [-0.05, 0) is 24.6 Å². The largest absolute Gasteiger partial charge is 0.497 e. The smallest absolute Gasteiger partial charge is 0.390 e. The van der Waals surface area contributed by atoms with Crippen LogP contribution in [0.25, 0.3) is 0 Å². The Balaban J connectivity index is 0.00000441. The molecule has 126 valence electrons. The predicted octanol–water partition coefficient (Wildman–Crippen LogP) is 3.32. The molecule has 0 saturated heterocycles. The van der Waals surface area contributed by atoms with Crippen molar-refractivity contribution in [2.45, 2.75) is 26.1 Å². The van der Waals surface area contributed by atoms with Crippen molar-refractivity contribution in [2.75, 3.05) is 20.2 Å². The van der Waals surface area contributed by atoms with E-state index in [1.165, 1.54) is 0 Å². The van der Waals surface area contributed by atoms with Crippen LogP contribution in [-0.4, -0.2) is 32.3 Å². The van der Waals surface area contributed by atoms with Gasteiger partial charge < -0.3 is 15.4 Å². The molecule has 1 aromatic rings. The average molecular weight is 431 g/mol. The second kappa shape index (κ2) is 10.5. The van der Waals surface area contributed by atoms with Gasteiger partial charge in [0.05, 0.1) is 20.1 Å². The van der Waals surface area contributed by atoms with Gasteiger partial charge >= 0.3 is 6.18 Å². The summed E-state index contributed by atoms with van der Waals surface area (Å²) in [5, 5.41) is 5.57. The van der Waals surface area contributed by atoms with Crippen LogP contribution in [0.2, 0.25) is 0 Å². The van der Waals surface area contributed by atoms with Gasteiger partial charge in [0.25, 0.3) is 0 Å². The number of hydrogen-bond acceptors (Lipinski definition) is 2. The first-order valence-corrected chi connectivity index (χ1v) is 6.66. The van der Waals surface area contributed by atoms with Crippen molar-refractivity contribution in [3.63, 3.8) is 0 Å². The molecule has 1 rings (SSSR count). The quantitative estimate of drug-likeness (QED) is 0.413. The summed E-state index contributed by atoms with van der Waals surface area (Å²) in [4.78, 5) is 4.25. The van der Waals surface area contributed by atoms with Gasteiger partial charge in [0.1, 0.15) is 5.75 Å². The van der Waals surface area contributed by atoms with Gasteiger partial charge in [-0.3, -0.25) is 0 Å². The number of halogens is 4. The molecular formula is C14H21F3IN3O. The molecule has 0 aliphatic heterocycles. The van der Waals surface area contributed by atoms with E-state index in [0.717, 1.165) is 11.3 Å². The summed E-state index contributed by atoms with van der Waals surface area (Å²) in [5.74, 6) is 1.12. The maximum absolute atomic E-state index is 12.1. The molecule has 0 heterocycles. The SMILES string of the molecule is CCNC(=NCc1ccc(OC)cc1)NCCC(F)(F)F.I. The van der Waals surface area contributed by atoms with Crippen molar-refractivity contribution in [1.29, 1.82) is 0 Å². The minimum absolute atomic E-state index is 0. The lowest BCUT2D eigenvalue weighted by Gasteiger charge is -2.12. The van der Waals surface area contributed by atoms with Crippen LogP contribution in [0.1, 0.15) is 18.9 Å². The highest BCUT2D eigenvalue weighted by molar-refractivity contribution is 14.0. The van der Waals surface area contributed by atoms with Crippen LogP contribution < -0.4 is 15.4 Å². The Morgan fingerprint density at radius 3 is 2.32 bits per heavy atom. The molecule has 0 aliphatic rings. The minimum atomic E-state index is -4.17. The van der Waals surface area contributed by atoms with E-state index in [4.69, 9.17) is 4.74 Å². The third-order valence-corrected chi connectivity index (χ3v) is 2.62. The van der Waals surface area contributed by atoms with Crippen LogP contribution in [0.4, 0.5) is 13.2 Å². The van der Waals surface area contributed by atoms with Crippen molar-refractivity contribution in [3.8, 4) is 5.75 Å². The molecule has 0 unspecified atom stereocenters. The van der Waals surface area contributed by atoms with E-state index in [-0.39, 0.29) is 30.5 Å². The second-order valence-corrected chi connectivity index (χ2v) is 4.34. The number of nitrogens with one attached hydrogen (secondary N) is 2. The number of ether oxygens (including phenoxy) is 1. The van der Waals surface area contributed by atoms with Gasteiger partial charge in [-0.2, -0.15) is 13.2 Å². The highest BCUT2D eigenvalue weighted by Crippen LogP contribution is 2.18. The van der Waals surface area contributed by atoms with Crippen LogP contribution in [-0.2, 0) is 6.54 Å². The van der Waals surface area contributed by atoms with Crippen LogP contribution in [0.5, 0.6) is 5.75 Å². The zero-order valence-electron chi connectivity index (χ0n) is 12.5. The van der Waals surface area contributed by atoms with E-state index in [1.807, 2.05) is 31.2 Å². The Hall–Kier alpha value is -1.19. The molecule has 2 N–H and O–H groups in total. The first-order chi connectivity index (χ1) is 9.94. The Morgan fingerprint density at radius 1 is 1.18 bits per heavy atom. The van der Waals surface area contributed by atoms with E-state index in [2.05, 4.69) is 15.6 Å². The Labute approximate surface area is 145 Å². The maximum atomic E-state index is 12.1. The van der Waals surface area contributed by atoms with E-state index in [0.29, 0.717) is 19.0 Å². The fourth-order valence-electron chi connectivity index (χ4n) is 1.57. The van der Waals surface area contributed by atoms with Gasteiger partial charge in [-0.25, -0.2) is 4.99 Å². The summed E-state index contributed by atoms with van der Waals surface area (Å²) in [6.45, 7) is 2.62. The van der Waals surface area contributed by atoms with Gasteiger partial charge in [0.15, 0.2) is 5.96 Å². The van der Waals surface area contributed by atoms with E-state index in [9.17, 15) is 13.2 Å². The third-order valence-electron chi connectivity index (χ3n) is 2.62. The second-order valence-electron chi connectivity index (χ2n) is 4.34. The van der Waals surface area contributed by atoms with Gasteiger partial charge in [0, 0.05) is 13.1 Å². The topological polar surface area (TPSA) is 45.7 Å². The number of methoxy groups -OCH3 is 1. The molecule has 0 radical (unpaired) electrons. The first-order valence-electron chi connectivity index (χ1n) is 6.66. The monoisotopic (exact) mass is 431 g/mol. The Morgan fingerprint density at radius 2 is 1.82 bits per heavy atom. The average Bonchev–Trinajstić information content (AvgIpc) is 2.44. The minimum Gasteiger partial charge on any atom is -0.497 e. The van der Waals surface area contributed by atoms with Gasteiger partial charge in [-0.15, -0.1) is 24.0 Å². The molecule has 8 heteroatoms. The molecule has 0 atom stereocenters. The number of guanidine groups is 1. The van der Waals surface area contributed by atoms with E-state index < -0.39 is 12.6 Å². The molecule has 1 aromatic carbocycles. The molecule has 4 nitrogen and oxygen atoms in total. The summed E-state index contributed by atoms with van der Waals surface area (Å²) in [6.07, 6.45) is -5.06. The molecule has 0 spiro atoms. The van der Waals surface area contributed by atoms with Crippen molar-refractivity contribution in [1.82, 2.24) is 10.6 Å². The fraction of sp³-hybridized carbons (Fsp3) is 0.500. The summed E-state index contributed by atoms with van der Waals surface area (Å²) >= 11 is 0. The molecule has 0 amide bonds. The molecule has 0 fully saturated rings.